The van der Waals surface area contributed by atoms with Gasteiger partial charge in [0, 0.05) is 36.2 Å². The van der Waals surface area contributed by atoms with Crippen LogP contribution in [0, 0.1) is 10.8 Å². The smallest absolute Gasteiger partial charge is 0.144 e. The zero-order valence-corrected chi connectivity index (χ0v) is 19.8. The fourth-order valence-electron chi connectivity index (χ4n) is 5.06. The normalized spacial score (nSPS) is 26.7. The lowest BCUT2D eigenvalue weighted by Gasteiger charge is -2.21. The number of furan rings is 1. The number of nitrogens with zero attached hydrogens (tertiary/aromatic N) is 1. The molecule has 5 aromatic rings. The van der Waals surface area contributed by atoms with Crippen LogP contribution in [0.3, 0.4) is 0 Å². The molecule has 3 aromatic carbocycles. The average molecular weight is 468 g/mol. The van der Waals surface area contributed by atoms with E-state index in [1.54, 1.807) is 48.5 Å². The molecule has 0 aliphatic heterocycles. The summed E-state index contributed by atoms with van der Waals surface area (Å²) < 4.78 is 98.5. The Bertz CT molecular complexity index is 2020. The highest BCUT2D eigenvalue weighted by molar-refractivity contribution is 6.10. The second kappa shape index (κ2) is 7.31. The average Bonchev–Trinajstić information content (AvgIpc) is 3.46. The molecule has 0 amide bonds. The van der Waals surface area contributed by atoms with Crippen LogP contribution >= 0.6 is 0 Å². The number of para-hydroxylation sites is 1. The lowest BCUT2D eigenvalue weighted by atomic mass is 9.82. The lowest BCUT2D eigenvalue weighted by molar-refractivity contribution is 0.326. The molecule has 2 aromatic heterocycles. The van der Waals surface area contributed by atoms with Crippen molar-refractivity contribution in [3.8, 4) is 11.3 Å². The topological polar surface area (TPSA) is 26.0 Å². The van der Waals surface area contributed by atoms with Crippen LogP contribution in [0.4, 0.5) is 0 Å². The largest absolute Gasteiger partial charge is 0.455 e. The summed E-state index contributed by atoms with van der Waals surface area (Å²) in [7, 11) is 0. The Morgan fingerprint density at radius 1 is 0.857 bits per heavy atom. The Morgan fingerprint density at radius 2 is 1.60 bits per heavy atom. The molecule has 2 nitrogen and oxygen atoms in total. The van der Waals surface area contributed by atoms with E-state index in [1.807, 2.05) is 20.8 Å². The fourth-order valence-corrected chi connectivity index (χ4v) is 5.06. The van der Waals surface area contributed by atoms with E-state index in [0.717, 1.165) is 0 Å². The van der Waals surface area contributed by atoms with Crippen molar-refractivity contribution in [2.45, 2.75) is 52.6 Å². The number of fused-ring (bicyclic) bond motifs is 6. The molecule has 174 valence electrons. The highest BCUT2D eigenvalue weighted by Gasteiger charge is 2.43. The van der Waals surface area contributed by atoms with Gasteiger partial charge in [0.25, 0.3) is 0 Å². The van der Waals surface area contributed by atoms with Crippen LogP contribution < -0.4 is 0 Å². The second-order valence-electron chi connectivity index (χ2n) is 10.2. The lowest BCUT2D eigenvalue weighted by Crippen LogP contribution is -2.21. The minimum absolute atomic E-state index is 0.0180. The minimum Gasteiger partial charge on any atom is -0.455 e. The van der Waals surface area contributed by atoms with Crippen LogP contribution in [0.2, 0.25) is 0 Å². The van der Waals surface area contributed by atoms with Gasteiger partial charge < -0.3 is 4.42 Å². The van der Waals surface area contributed by atoms with Crippen LogP contribution in [0.5, 0.6) is 0 Å². The fraction of sp³-hybridized carbons (Fsp3) is 0.303. The molecule has 0 saturated heterocycles. The zero-order valence-electron chi connectivity index (χ0n) is 29.8. The first kappa shape index (κ1) is 13.1. The van der Waals surface area contributed by atoms with Crippen molar-refractivity contribution in [1.29, 1.82) is 0 Å². The Labute approximate surface area is 221 Å². The van der Waals surface area contributed by atoms with Crippen molar-refractivity contribution in [1.82, 2.24) is 4.98 Å². The first-order valence-electron chi connectivity index (χ1n) is 16.8. The Kier molecular flexibility index (Phi) is 2.73. The molecule has 7 rings (SSSR count). The summed E-state index contributed by atoms with van der Waals surface area (Å²) >= 11 is 0. The van der Waals surface area contributed by atoms with Crippen LogP contribution in [0.15, 0.2) is 77.3 Å². The molecule has 0 radical (unpaired) electrons. The molecular weight excluding hydrogens is 426 g/mol. The molecule has 2 heterocycles. The molecule has 0 N–H and O–H groups in total. The van der Waals surface area contributed by atoms with Gasteiger partial charge in [-0.15, -0.1) is 0 Å². The van der Waals surface area contributed by atoms with Crippen molar-refractivity contribution in [3.05, 3.63) is 101 Å². The third kappa shape index (κ3) is 3.42. The van der Waals surface area contributed by atoms with Gasteiger partial charge in [0.1, 0.15) is 11.2 Å². The number of hydrogen-bond acceptors (Lipinski definition) is 2. The maximum atomic E-state index is 9.52. The second-order valence-corrected chi connectivity index (χ2v) is 10.2. The molecule has 35 heavy (non-hydrogen) atoms. The van der Waals surface area contributed by atoms with Gasteiger partial charge in [-0.2, -0.15) is 0 Å². The molecule has 2 aliphatic rings. The van der Waals surface area contributed by atoms with Gasteiger partial charge in [0.15, 0.2) is 0 Å². The van der Waals surface area contributed by atoms with E-state index < -0.39 is 42.7 Å². The van der Waals surface area contributed by atoms with E-state index in [2.05, 4.69) is 4.98 Å². The van der Waals surface area contributed by atoms with Gasteiger partial charge in [-0.25, -0.2) is 0 Å². The standard InChI is InChI=1S/C33H31NO/c1-32(2,3)16-21-13-14-34-29(15-21)27-10-6-9-25-26-12-11-24-19-33(20-28(24)31(26)35-30(25)27)17-22-7-4-5-8-23(22)18-33/h4-15H,16-20H2,1-3H3/i16D2,17D2,18D2,19D2,20D2. The molecule has 0 unspecified atom stereocenters. The van der Waals surface area contributed by atoms with Crippen LogP contribution in [-0.4, -0.2) is 4.98 Å². The Balaban J connectivity index is 1.51. The van der Waals surface area contributed by atoms with Crippen molar-refractivity contribution in [2.75, 3.05) is 0 Å². The molecule has 2 aliphatic carbocycles. The van der Waals surface area contributed by atoms with Gasteiger partial charge in [0.2, 0.25) is 0 Å². The molecule has 0 bridgehead atoms. The quantitative estimate of drug-likeness (QED) is 0.262. The van der Waals surface area contributed by atoms with Gasteiger partial charge in [-0.1, -0.05) is 69.3 Å². The SMILES string of the molecule is [2H]C([2H])(c1ccnc(-c2cccc3c2oc2c4c(ccc23)C([2H])([2H])C2(C([2H])([2H])c3ccccc3C2([2H])[2H])C4([2H])[2H])c1)C(C)(C)C. The highest BCUT2D eigenvalue weighted by atomic mass is 16.3. The van der Waals surface area contributed by atoms with Crippen LogP contribution in [0.1, 0.15) is 62.3 Å². The number of benzene rings is 3. The molecule has 2 heteroatoms. The number of hydrogen-bond donors (Lipinski definition) is 0. The number of pyridine rings is 1. The molecular formula is C33H31NO. The predicted molar refractivity (Wildman–Crippen MR) is 144 cm³/mol. The van der Waals surface area contributed by atoms with Crippen LogP contribution in [-0.2, 0) is 31.9 Å². The van der Waals surface area contributed by atoms with E-state index >= 15 is 0 Å². The zero-order chi connectivity index (χ0) is 32.8. The van der Waals surface area contributed by atoms with Gasteiger partial charge in [0.05, 0.1) is 5.69 Å². The maximum Gasteiger partial charge on any atom is 0.144 e. The molecule has 0 fully saturated rings. The van der Waals surface area contributed by atoms with E-state index in [0.29, 0.717) is 33.2 Å². The van der Waals surface area contributed by atoms with Gasteiger partial charge in [-0.3, -0.25) is 4.98 Å². The van der Waals surface area contributed by atoms with E-state index in [1.165, 1.54) is 24.4 Å². The molecule has 0 saturated carbocycles. The van der Waals surface area contributed by atoms with Crippen molar-refractivity contribution in [2.24, 2.45) is 10.8 Å². The first-order valence-corrected chi connectivity index (χ1v) is 11.8. The summed E-state index contributed by atoms with van der Waals surface area (Å²) in [5, 5.41) is 1.06. The number of rotatable bonds is 2. The Hall–Kier alpha value is -3.39. The maximum absolute atomic E-state index is 9.52. The molecule has 1 spiro atoms. The third-order valence-corrected chi connectivity index (χ3v) is 6.43. The summed E-state index contributed by atoms with van der Waals surface area (Å²) in [4.78, 5) is 4.51. The van der Waals surface area contributed by atoms with Crippen molar-refractivity contribution < 1.29 is 18.1 Å². The van der Waals surface area contributed by atoms with Gasteiger partial charge >= 0.3 is 0 Å². The van der Waals surface area contributed by atoms with Crippen molar-refractivity contribution in [3.63, 3.8) is 0 Å². The predicted octanol–water partition coefficient (Wildman–Crippen LogP) is 8.12. The molecule has 0 atom stereocenters. The van der Waals surface area contributed by atoms with E-state index in [-0.39, 0.29) is 27.8 Å². The minimum atomic E-state index is -2.87. The van der Waals surface area contributed by atoms with Gasteiger partial charge in [-0.05, 0) is 88.7 Å². The summed E-state index contributed by atoms with van der Waals surface area (Å²) in [6, 6.07) is 17.6. The van der Waals surface area contributed by atoms with E-state index in [9.17, 15) is 11.0 Å². The number of aromatic nitrogens is 1. The first-order chi connectivity index (χ1) is 20.8. The third-order valence-electron chi connectivity index (χ3n) is 6.43. The summed E-state index contributed by atoms with van der Waals surface area (Å²) in [6.07, 6.45) is -11.3. The van der Waals surface area contributed by atoms with Crippen molar-refractivity contribution >= 4 is 21.9 Å². The summed E-state index contributed by atoms with van der Waals surface area (Å²) in [5.74, 6) is 0. The van der Waals surface area contributed by atoms with E-state index in [4.69, 9.17) is 7.16 Å². The summed E-state index contributed by atoms with van der Waals surface area (Å²) in [5.41, 5.74) is -2.27. The monoisotopic (exact) mass is 467 g/mol. The summed E-state index contributed by atoms with van der Waals surface area (Å²) in [6.45, 7) is 5.46. The van der Waals surface area contributed by atoms with Crippen LogP contribution in [0.25, 0.3) is 33.2 Å². The Morgan fingerprint density at radius 3 is 2.37 bits per heavy atom. The highest BCUT2D eigenvalue weighted by Crippen LogP contribution is 2.50.